The zero-order valence-electron chi connectivity index (χ0n) is 60.9. The van der Waals surface area contributed by atoms with Crippen LogP contribution in [-0.4, -0.2) is 0 Å². The topological polar surface area (TPSA) is 0 Å². The number of rotatable bonds is 22. The van der Waals surface area contributed by atoms with Crippen LogP contribution in [0.2, 0.25) is 0 Å². The summed E-state index contributed by atoms with van der Waals surface area (Å²) < 4.78 is 0. The van der Waals surface area contributed by atoms with E-state index in [1.54, 1.807) is 0 Å². The van der Waals surface area contributed by atoms with Crippen molar-refractivity contribution in [2.24, 2.45) is 75.9 Å². The maximum Gasteiger partial charge on any atom is -0.0383 e. The van der Waals surface area contributed by atoms with E-state index >= 15 is 0 Å². The molecule has 2 fully saturated rings. The van der Waals surface area contributed by atoms with Gasteiger partial charge in [0.15, 0.2) is 0 Å². The molecule has 0 saturated heterocycles. The summed E-state index contributed by atoms with van der Waals surface area (Å²) in [4.78, 5) is 0. The molecule has 0 N–H and O–H groups in total. The summed E-state index contributed by atoms with van der Waals surface area (Å²) in [5, 5.41) is 0. The highest BCUT2D eigenvalue weighted by Gasteiger charge is 2.19. The Kier molecular flexibility index (Phi) is 90.5. The van der Waals surface area contributed by atoms with E-state index in [-0.39, 0.29) is 0 Å². The highest BCUT2D eigenvalue weighted by molar-refractivity contribution is 4.71. The number of hydrogen-bond acceptors (Lipinski definition) is 0. The van der Waals surface area contributed by atoms with Crippen molar-refractivity contribution in [1.29, 1.82) is 0 Å². The maximum atomic E-state index is 2.34. The SMILES string of the molecule is CC(C)CC(C)C.CC1CC(C)C1.CC1CCCC1.CCCC(C)(C)C.CCCC(C)(C)C.CCCC(C)CC.CCCCC(C)C.CCCCC(C)C.CCCCCCC.CCC[C@H](C)CC.CC[C@H](C)C(C)C. The molecule has 0 nitrogen and oxygen atoms in total. The third kappa shape index (κ3) is 127. The quantitative estimate of drug-likeness (QED) is 0.0948. The lowest BCUT2D eigenvalue weighted by Crippen LogP contribution is -2.16. The summed E-state index contributed by atoms with van der Waals surface area (Å²) in [6, 6.07) is 0. The second-order valence-electron chi connectivity index (χ2n) is 29.1. The molecule has 0 aromatic rings. The molecule has 0 spiro atoms. The first-order valence-corrected chi connectivity index (χ1v) is 34.7. The van der Waals surface area contributed by atoms with Crippen molar-refractivity contribution in [2.45, 2.75) is 415 Å². The number of hydrogen-bond donors (Lipinski definition) is 0. The first-order valence-electron chi connectivity index (χ1n) is 34.7. The molecular weight excluding hydrogens is 901 g/mol. The van der Waals surface area contributed by atoms with Gasteiger partial charge in [-0.3, -0.25) is 0 Å². The van der Waals surface area contributed by atoms with Gasteiger partial charge in [-0.15, -0.1) is 0 Å². The van der Waals surface area contributed by atoms with Gasteiger partial charge in [0.05, 0.1) is 0 Å². The molecular formula is C75H168. The Morgan fingerprint density at radius 1 is 0.333 bits per heavy atom. The highest BCUT2D eigenvalue weighted by Crippen LogP contribution is 2.31. The lowest BCUT2D eigenvalue weighted by Gasteiger charge is -2.28. The third-order valence-electron chi connectivity index (χ3n) is 14.4. The Balaban J connectivity index is -0.0000000913. The van der Waals surface area contributed by atoms with Gasteiger partial charge in [0.1, 0.15) is 0 Å². The molecule has 1 unspecified atom stereocenters. The maximum absolute atomic E-state index is 2.34. The standard InChI is InChI=1S/9C7H16.2C6H12/c1-6(2)5-7(3)4;2*1-5-6-7(2,3)4;1-5-7(4)6(2)3;2*1-4-5-6-7(2)3;2*1-4-6-7(3)5-2;1-3-5-7-6-4-2;1-5-3-6(2)4-5;1-6-4-2-3-5-6/h6-7H,5H2,1-4H3;2*5-6H2,1-4H3;6-7H,5H2,1-4H3;4*7H,4-6H2,1-3H3;3-7H2,1-2H3;5-6H,3-4H2,1-2H3;6H,2-5H2,1H3/t;;;7-;;;7-;;;;/m...0..1..../s1. The average Bonchev–Trinajstić information content (AvgIpc) is 3.78. The molecule has 0 bridgehead atoms. The van der Waals surface area contributed by atoms with Crippen LogP contribution in [0.3, 0.4) is 0 Å². The van der Waals surface area contributed by atoms with Crippen molar-refractivity contribution in [3.8, 4) is 0 Å². The molecule has 2 aliphatic rings. The third-order valence-corrected chi connectivity index (χ3v) is 14.4. The van der Waals surface area contributed by atoms with E-state index in [1.165, 1.54) is 186 Å². The van der Waals surface area contributed by atoms with Crippen molar-refractivity contribution in [1.82, 2.24) is 0 Å². The summed E-state index contributed by atoms with van der Waals surface area (Å²) >= 11 is 0. The normalized spacial score (nSPS) is 15.8. The van der Waals surface area contributed by atoms with E-state index in [9.17, 15) is 0 Å². The van der Waals surface area contributed by atoms with Crippen LogP contribution in [0.4, 0.5) is 0 Å². The molecule has 0 aliphatic heterocycles. The smallest absolute Gasteiger partial charge is 0.0383 e. The van der Waals surface area contributed by atoms with E-state index in [2.05, 4.69) is 228 Å². The fourth-order valence-electron chi connectivity index (χ4n) is 8.64. The predicted molar refractivity (Wildman–Crippen MR) is 364 cm³/mol. The van der Waals surface area contributed by atoms with Gasteiger partial charge in [0.2, 0.25) is 0 Å². The molecule has 2 aliphatic carbocycles. The van der Waals surface area contributed by atoms with Crippen LogP contribution >= 0.6 is 0 Å². The summed E-state index contributed by atoms with van der Waals surface area (Å²) in [6.45, 7) is 74.9. The van der Waals surface area contributed by atoms with Crippen LogP contribution in [0.15, 0.2) is 0 Å². The molecule has 0 aromatic carbocycles. The van der Waals surface area contributed by atoms with Gasteiger partial charge in [-0.25, -0.2) is 0 Å². The van der Waals surface area contributed by atoms with Gasteiger partial charge in [0, 0.05) is 0 Å². The van der Waals surface area contributed by atoms with Gasteiger partial charge in [0.25, 0.3) is 0 Å². The molecule has 0 heteroatoms. The van der Waals surface area contributed by atoms with E-state index in [0.29, 0.717) is 10.8 Å². The van der Waals surface area contributed by atoms with E-state index in [1.807, 2.05) is 0 Å². The summed E-state index contributed by atoms with van der Waals surface area (Å²) in [5.41, 5.74) is 1.10. The monoisotopic (exact) mass is 1070 g/mol. The summed E-state index contributed by atoms with van der Waals surface area (Å²) in [7, 11) is 0. The molecule has 468 valence electrons. The van der Waals surface area contributed by atoms with Crippen LogP contribution in [0, 0.1) is 75.9 Å². The lowest BCUT2D eigenvalue weighted by molar-refractivity contribution is 0.233. The fourth-order valence-corrected chi connectivity index (χ4v) is 8.64. The van der Waals surface area contributed by atoms with E-state index < -0.39 is 0 Å². The molecule has 0 aromatic heterocycles. The van der Waals surface area contributed by atoms with Crippen LogP contribution < -0.4 is 0 Å². The Morgan fingerprint density at radius 2 is 0.640 bits per heavy atom. The van der Waals surface area contributed by atoms with Crippen molar-refractivity contribution < 1.29 is 0 Å². The second-order valence-corrected chi connectivity index (χ2v) is 29.1. The predicted octanol–water partition coefficient (Wildman–Crippen LogP) is 29.6. The van der Waals surface area contributed by atoms with Crippen LogP contribution in [-0.2, 0) is 0 Å². The average molecular weight is 1070 g/mol. The Hall–Kier alpha value is 0. The number of unbranched alkanes of at least 4 members (excludes halogenated alkanes) is 6. The Bertz CT molecular complexity index is 822. The largest absolute Gasteiger partial charge is 0.0654 e. The van der Waals surface area contributed by atoms with Gasteiger partial charge < -0.3 is 0 Å². The molecule has 0 heterocycles. The van der Waals surface area contributed by atoms with Crippen molar-refractivity contribution in [2.75, 3.05) is 0 Å². The minimum atomic E-state index is 0.550. The Labute approximate surface area is 488 Å². The molecule has 75 heavy (non-hydrogen) atoms. The summed E-state index contributed by atoms with van der Waals surface area (Å²) in [6.07, 6.45) is 40.3. The first-order chi connectivity index (χ1) is 34.7. The van der Waals surface area contributed by atoms with Gasteiger partial charge >= 0.3 is 0 Å². The van der Waals surface area contributed by atoms with Gasteiger partial charge in [-0.1, -0.05) is 383 Å². The van der Waals surface area contributed by atoms with Gasteiger partial charge in [-0.2, -0.15) is 0 Å². The zero-order chi connectivity index (χ0) is 60.9. The van der Waals surface area contributed by atoms with E-state index in [0.717, 1.165) is 65.1 Å². The van der Waals surface area contributed by atoms with Crippen molar-refractivity contribution in [3.63, 3.8) is 0 Å². The first kappa shape index (κ1) is 94.3. The summed E-state index contributed by atoms with van der Waals surface area (Å²) in [5.74, 6) is 10.4. The van der Waals surface area contributed by atoms with Crippen LogP contribution in [0.5, 0.6) is 0 Å². The lowest BCUT2D eigenvalue weighted by atomic mass is 9.78. The minimum absolute atomic E-state index is 0.550. The molecule has 2 rings (SSSR count). The van der Waals surface area contributed by atoms with Gasteiger partial charge in [-0.05, 0) is 108 Å². The molecule has 0 radical (unpaired) electrons. The second kappa shape index (κ2) is 72.0. The van der Waals surface area contributed by atoms with Crippen LogP contribution in [0.25, 0.3) is 0 Å². The molecule has 2 saturated carbocycles. The van der Waals surface area contributed by atoms with E-state index in [4.69, 9.17) is 0 Å². The molecule has 0 amide bonds. The highest BCUT2D eigenvalue weighted by atomic mass is 14.3. The van der Waals surface area contributed by atoms with Crippen molar-refractivity contribution >= 4 is 0 Å². The molecule has 3 atom stereocenters. The fraction of sp³-hybridized carbons (Fsp3) is 1.00. The van der Waals surface area contributed by atoms with Crippen molar-refractivity contribution in [3.05, 3.63) is 0 Å². The Morgan fingerprint density at radius 3 is 0.707 bits per heavy atom. The van der Waals surface area contributed by atoms with Crippen LogP contribution in [0.1, 0.15) is 415 Å². The minimum Gasteiger partial charge on any atom is -0.0654 e. The zero-order valence-corrected chi connectivity index (χ0v) is 60.9.